The summed E-state index contributed by atoms with van der Waals surface area (Å²) < 4.78 is 1.88. The van der Waals surface area contributed by atoms with Crippen molar-refractivity contribution in [1.82, 2.24) is 20.0 Å². The van der Waals surface area contributed by atoms with Crippen molar-refractivity contribution in [2.75, 3.05) is 19.6 Å². The maximum atomic E-state index is 10.5. The summed E-state index contributed by atoms with van der Waals surface area (Å²) in [7, 11) is 1.97. The molecule has 0 bridgehead atoms. The van der Waals surface area contributed by atoms with Crippen LogP contribution in [0.3, 0.4) is 0 Å². The first kappa shape index (κ1) is 22.9. The summed E-state index contributed by atoms with van der Waals surface area (Å²) in [5.74, 6) is 1.98. The monoisotopic (exact) mass is 523 g/mol. The number of nitrogens with zero attached hydrogens (tertiary/aromatic N) is 4. The minimum absolute atomic E-state index is 0. The van der Waals surface area contributed by atoms with Crippen molar-refractivity contribution < 1.29 is 5.11 Å². The minimum Gasteiger partial charge on any atom is -0.508 e. The van der Waals surface area contributed by atoms with Crippen LogP contribution < -0.4 is 5.32 Å². The van der Waals surface area contributed by atoms with E-state index in [-0.39, 0.29) is 24.0 Å². The van der Waals surface area contributed by atoms with E-state index >= 15 is 0 Å². The third-order valence-electron chi connectivity index (χ3n) is 6.22. The second-order valence-electron chi connectivity index (χ2n) is 8.41. The molecule has 6 nitrogen and oxygen atoms in total. The van der Waals surface area contributed by atoms with Gasteiger partial charge in [0.2, 0.25) is 0 Å². The predicted molar refractivity (Wildman–Crippen MR) is 132 cm³/mol. The molecule has 1 aliphatic carbocycles. The molecule has 0 radical (unpaired) electrons. The Morgan fingerprint density at radius 1 is 1.30 bits per heavy atom. The van der Waals surface area contributed by atoms with Crippen LogP contribution in [0.1, 0.15) is 48.4 Å². The van der Waals surface area contributed by atoms with Crippen molar-refractivity contribution in [3.05, 3.63) is 46.8 Å². The molecule has 1 atom stereocenters. The summed E-state index contributed by atoms with van der Waals surface area (Å²) in [5, 5.41) is 18.2. The molecule has 0 amide bonds. The van der Waals surface area contributed by atoms with Crippen LogP contribution in [0.2, 0.25) is 0 Å². The fourth-order valence-electron chi connectivity index (χ4n) is 4.75. The lowest BCUT2D eigenvalue weighted by atomic mass is 9.88. The molecule has 1 aromatic carbocycles. The van der Waals surface area contributed by atoms with Crippen LogP contribution in [-0.2, 0) is 32.9 Å². The topological polar surface area (TPSA) is 65.7 Å². The molecule has 2 aliphatic rings. The van der Waals surface area contributed by atoms with Crippen LogP contribution in [0.15, 0.2) is 29.5 Å². The van der Waals surface area contributed by atoms with Crippen LogP contribution in [0.25, 0.3) is 0 Å². The summed E-state index contributed by atoms with van der Waals surface area (Å²) in [6.45, 7) is 5.54. The maximum absolute atomic E-state index is 10.5. The Morgan fingerprint density at radius 3 is 2.90 bits per heavy atom. The number of likely N-dealkylation sites (tertiary alicyclic amines) is 1. The predicted octanol–water partition coefficient (Wildman–Crippen LogP) is 3.65. The maximum Gasteiger partial charge on any atom is 0.194 e. The number of fused-ring (bicyclic) bond motifs is 1. The van der Waals surface area contributed by atoms with Gasteiger partial charge in [0.1, 0.15) is 5.75 Å². The largest absolute Gasteiger partial charge is 0.508 e. The highest BCUT2D eigenvalue weighted by Crippen LogP contribution is 2.31. The highest BCUT2D eigenvalue weighted by molar-refractivity contribution is 14.0. The third kappa shape index (κ3) is 5.28. The van der Waals surface area contributed by atoms with Crippen LogP contribution in [0.5, 0.6) is 5.75 Å². The number of phenolic OH excluding ortho intramolecular Hbond substituents is 1. The van der Waals surface area contributed by atoms with Gasteiger partial charge in [-0.25, -0.2) is 4.99 Å². The lowest BCUT2D eigenvalue weighted by Crippen LogP contribution is -2.40. The molecule has 164 valence electrons. The summed E-state index contributed by atoms with van der Waals surface area (Å²) in [6.07, 6.45) is 11.0. The van der Waals surface area contributed by atoms with Crippen LogP contribution in [0.4, 0.5) is 0 Å². The zero-order chi connectivity index (χ0) is 20.2. The fourth-order valence-corrected chi connectivity index (χ4v) is 4.75. The smallest absolute Gasteiger partial charge is 0.194 e. The number of guanidine groups is 1. The molecule has 1 unspecified atom stereocenters. The van der Waals surface area contributed by atoms with Gasteiger partial charge >= 0.3 is 0 Å². The molecular weight excluding hydrogens is 489 g/mol. The van der Waals surface area contributed by atoms with E-state index in [0.717, 1.165) is 50.4 Å². The van der Waals surface area contributed by atoms with E-state index in [2.05, 4.69) is 34.5 Å². The number of aromatic hydroxyl groups is 1. The molecule has 30 heavy (non-hydrogen) atoms. The summed E-state index contributed by atoms with van der Waals surface area (Å²) >= 11 is 0. The number of benzene rings is 1. The Hall–Kier alpha value is -1.77. The van der Waals surface area contributed by atoms with Gasteiger partial charge in [0.05, 0.1) is 12.7 Å². The number of rotatable bonds is 5. The van der Waals surface area contributed by atoms with E-state index in [1.54, 1.807) is 0 Å². The number of aromatic nitrogens is 2. The van der Waals surface area contributed by atoms with Crippen LogP contribution >= 0.6 is 24.0 Å². The summed E-state index contributed by atoms with van der Waals surface area (Å²) in [5.41, 5.74) is 5.04. The van der Waals surface area contributed by atoms with E-state index in [9.17, 15) is 5.11 Å². The normalized spacial score (nSPS) is 18.8. The van der Waals surface area contributed by atoms with Crippen molar-refractivity contribution in [2.24, 2.45) is 18.0 Å². The second-order valence-corrected chi connectivity index (χ2v) is 8.41. The third-order valence-corrected chi connectivity index (χ3v) is 6.22. The zero-order valence-corrected chi connectivity index (χ0v) is 20.4. The molecule has 2 N–H and O–H groups in total. The molecule has 2 heterocycles. The van der Waals surface area contributed by atoms with E-state index in [1.165, 1.54) is 36.0 Å². The van der Waals surface area contributed by atoms with Gasteiger partial charge in [-0.1, -0.05) is 6.07 Å². The summed E-state index contributed by atoms with van der Waals surface area (Å²) in [6, 6.07) is 3.94. The van der Waals surface area contributed by atoms with E-state index < -0.39 is 0 Å². The summed E-state index contributed by atoms with van der Waals surface area (Å²) in [4.78, 5) is 7.31. The molecule has 7 heteroatoms. The number of halogens is 1. The molecule has 0 saturated carbocycles. The Morgan fingerprint density at radius 2 is 2.13 bits per heavy atom. The van der Waals surface area contributed by atoms with Gasteiger partial charge in [0.25, 0.3) is 0 Å². The van der Waals surface area contributed by atoms with Crippen molar-refractivity contribution in [2.45, 2.75) is 52.0 Å². The first-order valence-corrected chi connectivity index (χ1v) is 11.0. The first-order chi connectivity index (χ1) is 14.1. The van der Waals surface area contributed by atoms with E-state index in [1.807, 2.05) is 24.0 Å². The van der Waals surface area contributed by atoms with Gasteiger partial charge in [-0.15, -0.1) is 24.0 Å². The number of hydrogen-bond donors (Lipinski definition) is 2. The Bertz CT molecular complexity index is 878. The van der Waals surface area contributed by atoms with Gasteiger partial charge in [-0.2, -0.15) is 5.10 Å². The average molecular weight is 523 g/mol. The molecule has 2 aromatic rings. The lowest BCUT2D eigenvalue weighted by Gasteiger charge is -2.23. The van der Waals surface area contributed by atoms with Gasteiger partial charge in [-0.05, 0) is 74.1 Å². The molecule has 1 aromatic heterocycles. The Kier molecular flexibility index (Phi) is 8.02. The molecular formula is C23H34IN5O. The van der Waals surface area contributed by atoms with Crippen molar-refractivity contribution >= 4 is 29.9 Å². The van der Waals surface area contributed by atoms with E-state index in [0.29, 0.717) is 18.2 Å². The van der Waals surface area contributed by atoms with Gasteiger partial charge in [0.15, 0.2) is 5.96 Å². The molecule has 0 spiro atoms. The van der Waals surface area contributed by atoms with Crippen molar-refractivity contribution in [3.8, 4) is 5.75 Å². The Labute approximate surface area is 196 Å². The molecule has 1 aliphatic heterocycles. The standard InChI is InChI=1S/C23H33N5O.HI/c1-3-24-23(28-11-10-17(16-28)12-18-13-26-27(2)15-18)25-14-21-20-7-5-4-6-19(20)8-9-22(21)29;/h8-9,13,15,17,29H,3-7,10-12,14,16H2,1-2H3,(H,24,25);1H. The van der Waals surface area contributed by atoms with Crippen molar-refractivity contribution in [1.29, 1.82) is 0 Å². The van der Waals surface area contributed by atoms with Crippen LogP contribution in [0, 0.1) is 5.92 Å². The number of aryl methyl sites for hydroxylation is 2. The first-order valence-electron chi connectivity index (χ1n) is 11.0. The second kappa shape index (κ2) is 10.5. The molecule has 1 fully saturated rings. The highest BCUT2D eigenvalue weighted by atomic mass is 127. The molecule has 1 saturated heterocycles. The van der Waals surface area contributed by atoms with Gasteiger partial charge < -0.3 is 15.3 Å². The lowest BCUT2D eigenvalue weighted by molar-refractivity contribution is 0.456. The quantitative estimate of drug-likeness (QED) is 0.357. The number of hydrogen-bond acceptors (Lipinski definition) is 3. The zero-order valence-electron chi connectivity index (χ0n) is 18.1. The highest BCUT2D eigenvalue weighted by Gasteiger charge is 2.25. The van der Waals surface area contributed by atoms with E-state index in [4.69, 9.17) is 4.99 Å². The SMILES string of the molecule is CCNC(=NCc1c(O)ccc2c1CCCC2)N1CCC(Cc2cnn(C)c2)C1.I. The number of aliphatic imine (C=N–C) groups is 1. The Balaban J connectivity index is 0.00000256. The average Bonchev–Trinajstić information content (AvgIpc) is 3.35. The minimum atomic E-state index is 0. The fraction of sp³-hybridized carbons (Fsp3) is 0.565. The number of nitrogens with one attached hydrogen (secondary N) is 1. The van der Waals surface area contributed by atoms with Gasteiger partial charge in [0, 0.05) is 38.4 Å². The van der Waals surface area contributed by atoms with Crippen LogP contribution in [-0.4, -0.2) is 45.4 Å². The molecule has 4 rings (SSSR count). The number of phenols is 1. The van der Waals surface area contributed by atoms with Crippen molar-refractivity contribution in [3.63, 3.8) is 0 Å². The van der Waals surface area contributed by atoms with Gasteiger partial charge in [-0.3, -0.25) is 4.68 Å².